The van der Waals surface area contributed by atoms with Crippen LogP contribution in [0.3, 0.4) is 0 Å². The van der Waals surface area contributed by atoms with Crippen LogP contribution in [0.25, 0.3) is 16.9 Å². The predicted molar refractivity (Wildman–Crippen MR) is 142 cm³/mol. The maximum absolute atomic E-state index is 13.0. The van der Waals surface area contributed by atoms with Crippen molar-refractivity contribution in [1.82, 2.24) is 24.3 Å². The van der Waals surface area contributed by atoms with Crippen molar-refractivity contribution in [1.29, 1.82) is 0 Å². The van der Waals surface area contributed by atoms with Gasteiger partial charge in [0.05, 0.1) is 24.4 Å². The number of aryl methyl sites for hydroxylation is 1. The summed E-state index contributed by atoms with van der Waals surface area (Å²) in [6, 6.07) is 18.9. The van der Waals surface area contributed by atoms with E-state index >= 15 is 0 Å². The molecule has 0 atom stereocenters. The molecule has 1 aliphatic rings. The van der Waals surface area contributed by atoms with E-state index in [0.717, 1.165) is 22.7 Å². The fourth-order valence-corrected chi connectivity index (χ4v) is 4.59. The van der Waals surface area contributed by atoms with Crippen LogP contribution in [0.15, 0.2) is 66.9 Å². The summed E-state index contributed by atoms with van der Waals surface area (Å²) in [5.41, 5.74) is 4.70. The second kappa shape index (κ2) is 10.8. The topological polar surface area (TPSA) is 92.6 Å². The standard InChI is InChI=1S/C28H30N6O3/c1-3-37-27(35)22-10-4-5-11-23(22)31-28(36)33-16-14-32(15-17-33)19-25-30-24-12-7-13-29-26(24)34(25)21-9-6-8-20(2)18-21/h4-13,18H,3,14-17,19H2,1-2H3,(H,31,36). The summed E-state index contributed by atoms with van der Waals surface area (Å²) < 4.78 is 7.23. The van der Waals surface area contributed by atoms with Crippen LogP contribution in [0.1, 0.15) is 28.7 Å². The van der Waals surface area contributed by atoms with Crippen LogP contribution in [0.4, 0.5) is 10.5 Å². The second-order valence-corrected chi connectivity index (χ2v) is 9.01. The fourth-order valence-electron chi connectivity index (χ4n) is 4.59. The zero-order chi connectivity index (χ0) is 25.8. The number of pyridine rings is 1. The fraction of sp³-hybridized carbons (Fsp3) is 0.286. The number of urea groups is 1. The minimum absolute atomic E-state index is 0.229. The third-order valence-corrected chi connectivity index (χ3v) is 6.43. The van der Waals surface area contributed by atoms with Gasteiger partial charge in [-0.25, -0.2) is 19.6 Å². The Kier molecular flexibility index (Phi) is 7.14. The molecule has 190 valence electrons. The highest BCUT2D eigenvalue weighted by Gasteiger charge is 2.24. The van der Waals surface area contributed by atoms with Gasteiger partial charge in [-0.05, 0) is 55.8 Å². The number of hydrogen-bond donors (Lipinski definition) is 1. The van der Waals surface area contributed by atoms with E-state index in [-0.39, 0.29) is 12.6 Å². The van der Waals surface area contributed by atoms with E-state index in [0.29, 0.717) is 44.0 Å². The van der Waals surface area contributed by atoms with Gasteiger partial charge in [0.2, 0.25) is 0 Å². The van der Waals surface area contributed by atoms with Crippen molar-refractivity contribution >= 4 is 28.9 Å². The normalized spacial score (nSPS) is 14.1. The molecule has 37 heavy (non-hydrogen) atoms. The number of anilines is 1. The largest absolute Gasteiger partial charge is 0.462 e. The minimum atomic E-state index is -0.450. The molecule has 0 spiro atoms. The highest BCUT2D eigenvalue weighted by molar-refractivity contribution is 6.00. The summed E-state index contributed by atoms with van der Waals surface area (Å²) in [6.45, 7) is 7.29. The Morgan fingerprint density at radius 3 is 2.59 bits per heavy atom. The van der Waals surface area contributed by atoms with E-state index in [9.17, 15) is 9.59 Å². The summed E-state index contributed by atoms with van der Waals surface area (Å²) in [5.74, 6) is 0.467. The van der Waals surface area contributed by atoms with E-state index in [2.05, 4.69) is 44.9 Å². The molecule has 3 heterocycles. The number of amides is 2. The van der Waals surface area contributed by atoms with Crippen LogP contribution >= 0.6 is 0 Å². The number of nitrogens with one attached hydrogen (secondary N) is 1. The van der Waals surface area contributed by atoms with Crippen LogP contribution in [0.5, 0.6) is 0 Å². The van der Waals surface area contributed by atoms with Crippen LogP contribution in [-0.4, -0.2) is 69.1 Å². The predicted octanol–water partition coefficient (Wildman–Crippen LogP) is 4.26. The minimum Gasteiger partial charge on any atom is -0.462 e. The van der Waals surface area contributed by atoms with Crippen molar-refractivity contribution in [2.75, 3.05) is 38.1 Å². The lowest BCUT2D eigenvalue weighted by atomic mass is 10.2. The molecule has 0 radical (unpaired) electrons. The van der Waals surface area contributed by atoms with Crippen molar-refractivity contribution in [3.05, 3.63) is 83.8 Å². The van der Waals surface area contributed by atoms with Crippen LogP contribution < -0.4 is 5.32 Å². The third-order valence-electron chi connectivity index (χ3n) is 6.43. The Balaban J connectivity index is 1.27. The van der Waals surface area contributed by atoms with E-state index < -0.39 is 5.97 Å². The molecule has 1 fully saturated rings. The highest BCUT2D eigenvalue weighted by atomic mass is 16.5. The molecule has 1 aliphatic heterocycles. The van der Waals surface area contributed by atoms with E-state index in [1.807, 2.05) is 18.2 Å². The summed E-state index contributed by atoms with van der Waals surface area (Å²) in [5, 5.41) is 2.88. The SMILES string of the molecule is CCOC(=O)c1ccccc1NC(=O)N1CCN(Cc2nc3cccnc3n2-c2cccc(C)c2)CC1. The van der Waals surface area contributed by atoms with Gasteiger partial charge in [0, 0.05) is 38.1 Å². The second-order valence-electron chi connectivity index (χ2n) is 9.01. The molecule has 1 saturated heterocycles. The Morgan fingerprint density at radius 1 is 1.00 bits per heavy atom. The molecule has 5 rings (SSSR count). The first kappa shape index (κ1) is 24.5. The number of nitrogens with zero attached hydrogens (tertiary/aromatic N) is 5. The molecular weight excluding hydrogens is 468 g/mol. The van der Waals surface area contributed by atoms with Crippen molar-refractivity contribution in [3.63, 3.8) is 0 Å². The van der Waals surface area contributed by atoms with Gasteiger partial charge in [-0.2, -0.15) is 0 Å². The zero-order valence-corrected chi connectivity index (χ0v) is 21.1. The number of fused-ring (bicyclic) bond motifs is 1. The number of hydrogen-bond acceptors (Lipinski definition) is 6. The molecule has 2 aromatic heterocycles. The van der Waals surface area contributed by atoms with Gasteiger partial charge in [0.1, 0.15) is 11.3 Å². The number of piperazine rings is 1. The number of ether oxygens (including phenoxy) is 1. The van der Waals surface area contributed by atoms with Crippen LogP contribution in [0.2, 0.25) is 0 Å². The molecule has 0 aliphatic carbocycles. The lowest BCUT2D eigenvalue weighted by Gasteiger charge is -2.34. The van der Waals surface area contributed by atoms with Gasteiger partial charge < -0.3 is 15.0 Å². The lowest BCUT2D eigenvalue weighted by molar-refractivity contribution is 0.0527. The van der Waals surface area contributed by atoms with Crippen molar-refractivity contribution in [3.8, 4) is 5.69 Å². The van der Waals surface area contributed by atoms with Gasteiger partial charge >= 0.3 is 12.0 Å². The van der Waals surface area contributed by atoms with Crippen molar-refractivity contribution < 1.29 is 14.3 Å². The first-order valence-corrected chi connectivity index (χ1v) is 12.5. The first-order chi connectivity index (χ1) is 18.0. The maximum atomic E-state index is 13.0. The highest BCUT2D eigenvalue weighted by Crippen LogP contribution is 2.23. The summed E-state index contributed by atoms with van der Waals surface area (Å²) in [7, 11) is 0. The molecule has 0 saturated carbocycles. The van der Waals surface area contributed by atoms with Gasteiger partial charge in [-0.3, -0.25) is 9.47 Å². The number of carbonyl (C=O) groups excluding carboxylic acids is 2. The molecule has 0 bridgehead atoms. The number of imidazole rings is 1. The van der Waals surface area contributed by atoms with Crippen LogP contribution in [0, 0.1) is 6.92 Å². The van der Waals surface area contributed by atoms with E-state index in [4.69, 9.17) is 9.72 Å². The molecule has 9 nitrogen and oxygen atoms in total. The Morgan fingerprint density at radius 2 is 1.81 bits per heavy atom. The van der Waals surface area contributed by atoms with Gasteiger partial charge in [-0.15, -0.1) is 0 Å². The Bertz CT molecular complexity index is 1420. The average molecular weight is 499 g/mol. The van der Waals surface area contributed by atoms with Crippen molar-refractivity contribution in [2.24, 2.45) is 0 Å². The smallest absolute Gasteiger partial charge is 0.340 e. The molecule has 1 N–H and O–H groups in total. The van der Waals surface area contributed by atoms with Crippen LogP contribution in [-0.2, 0) is 11.3 Å². The maximum Gasteiger partial charge on any atom is 0.340 e. The Labute approximate surface area is 215 Å². The quantitative estimate of drug-likeness (QED) is 0.400. The first-order valence-electron chi connectivity index (χ1n) is 12.5. The lowest BCUT2D eigenvalue weighted by Crippen LogP contribution is -2.49. The number of rotatable bonds is 6. The van der Waals surface area contributed by atoms with Crippen molar-refractivity contribution in [2.45, 2.75) is 20.4 Å². The van der Waals surface area contributed by atoms with Gasteiger partial charge in [0.25, 0.3) is 0 Å². The number of benzene rings is 2. The number of aromatic nitrogens is 3. The molecule has 4 aromatic rings. The van der Waals surface area contributed by atoms with Gasteiger partial charge in [0.15, 0.2) is 5.65 Å². The van der Waals surface area contributed by atoms with E-state index in [1.54, 1.807) is 42.3 Å². The third kappa shape index (κ3) is 5.31. The summed E-state index contributed by atoms with van der Waals surface area (Å²) >= 11 is 0. The zero-order valence-electron chi connectivity index (χ0n) is 21.1. The molecule has 9 heteroatoms. The number of carbonyl (C=O) groups is 2. The molecular formula is C28H30N6O3. The van der Waals surface area contributed by atoms with E-state index in [1.165, 1.54) is 5.56 Å². The molecule has 0 unspecified atom stereocenters. The Hall–Kier alpha value is -4.24. The summed E-state index contributed by atoms with van der Waals surface area (Å²) in [4.78, 5) is 38.8. The monoisotopic (exact) mass is 498 g/mol. The molecule has 2 amide bonds. The average Bonchev–Trinajstić information content (AvgIpc) is 3.27. The number of esters is 1. The summed E-state index contributed by atoms with van der Waals surface area (Å²) in [6.07, 6.45) is 1.79. The molecule has 2 aromatic carbocycles. The number of para-hydroxylation sites is 1. The van der Waals surface area contributed by atoms with Gasteiger partial charge in [-0.1, -0.05) is 24.3 Å².